The number of primary amides is 1. The van der Waals surface area contributed by atoms with Gasteiger partial charge >= 0.3 is 12.1 Å². The van der Waals surface area contributed by atoms with E-state index < -0.39 is 18.0 Å². The Morgan fingerprint density at radius 1 is 0.949 bits per heavy atom. The maximum atomic E-state index is 12.5. The molecule has 5 rings (SSSR count). The van der Waals surface area contributed by atoms with Gasteiger partial charge in [-0.05, 0) is 65.9 Å². The fourth-order valence-electron chi connectivity index (χ4n) is 4.62. The lowest BCUT2D eigenvalue weighted by Gasteiger charge is -2.25. The van der Waals surface area contributed by atoms with Gasteiger partial charge < -0.3 is 20.7 Å². The van der Waals surface area contributed by atoms with E-state index in [2.05, 4.69) is 16.5 Å². The van der Waals surface area contributed by atoms with Crippen LogP contribution < -0.4 is 11.1 Å². The third-order valence-electron chi connectivity index (χ3n) is 6.72. The minimum atomic E-state index is -0.658. The Labute approximate surface area is 226 Å². The van der Waals surface area contributed by atoms with Crippen LogP contribution in [0.4, 0.5) is 4.79 Å². The first-order valence-electron chi connectivity index (χ1n) is 12.7. The van der Waals surface area contributed by atoms with Gasteiger partial charge in [-0.15, -0.1) is 0 Å². The first kappa shape index (κ1) is 25.9. The van der Waals surface area contributed by atoms with Crippen LogP contribution in [0.3, 0.4) is 0 Å². The molecule has 0 saturated carbocycles. The molecule has 1 aromatic heterocycles. The number of piperazine rings is 1. The van der Waals surface area contributed by atoms with Gasteiger partial charge in [0, 0.05) is 31.9 Å². The summed E-state index contributed by atoms with van der Waals surface area (Å²) in [5.74, 6) is -1.22. The van der Waals surface area contributed by atoms with Gasteiger partial charge in [0.15, 0.2) is 5.69 Å². The molecule has 0 unspecified atom stereocenters. The Hall–Kier alpha value is -4.76. The Balaban J connectivity index is 1.29. The molecule has 9 nitrogen and oxygen atoms in total. The van der Waals surface area contributed by atoms with Crippen molar-refractivity contribution in [1.82, 2.24) is 20.0 Å². The highest BCUT2D eigenvalue weighted by molar-refractivity contribution is 5.96. The number of nitrogens with two attached hydrogens (primary N) is 1. The first-order chi connectivity index (χ1) is 18.9. The molecule has 198 valence electrons. The van der Waals surface area contributed by atoms with E-state index >= 15 is 0 Å². The lowest BCUT2D eigenvalue weighted by Crippen LogP contribution is -2.47. The second-order valence-corrected chi connectivity index (χ2v) is 9.42. The number of carbonyl (C=O) groups excluding carboxylic acids is 3. The Kier molecular flexibility index (Phi) is 7.51. The highest BCUT2D eigenvalue weighted by Gasteiger charge is 2.21. The normalized spacial score (nSPS) is 13.2. The van der Waals surface area contributed by atoms with Crippen molar-refractivity contribution in [2.45, 2.75) is 13.3 Å². The van der Waals surface area contributed by atoms with Gasteiger partial charge in [-0.2, -0.15) is 5.10 Å². The van der Waals surface area contributed by atoms with Gasteiger partial charge in [-0.3, -0.25) is 4.79 Å². The minimum absolute atomic E-state index is 0.232. The predicted molar refractivity (Wildman–Crippen MR) is 147 cm³/mol. The number of nitrogens with zero attached hydrogens (tertiary/aromatic N) is 3. The largest absolute Gasteiger partial charge is 0.417 e. The van der Waals surface area contributed by atoms with Crippen molar-refractivity contribution in [3.63, 3.8) is 0 Å². The average Bonchev–Trinajstić information content (AvgIpc) is 3.36. The number of hydrogen-bond acceptors (Lipinski definition) is 6. The fourth-order valence-corrected chi connectivity index (χ4v) is 4.62. The van der Waals surface area contributed by atoms with Crippen LogP contribution in [-0.4, -0.2) is 58.8 Å². The number of aryl methyl sites for hydroxylation is 1. The van der Waals surface area contributed by atoms with Gasteiger partial charge in [0.25, 0.3) is 5.91 Å². The second kappa shape index (κ2) is 11.3. The lowest BCUT2D eigenvalue weighted by atomic mass is 9.94. The standard InChI is InChI=1S/C30H29N5O4/c1-20-18-27(28(31)36)33-35(20)25-12-6-21(7-13-25)19-24-4-2-3-5-26(24)22-8-10-23(11-9-22)29(37)39-30(38)34-16-14-32-15-17-34/h2-13,18,32H,14-17,19H2,1H3,(H2,31,36). The van der Waals surface area contributed by atoms with E-state index in [1.165, 1.54) is 4.90 Å². The molecule has 0 bridgehead atoms. The molecule has 0 spiro atoms. The Morgan fingerprint density at radius 2 is 1.64 bits per heavy atom. The molecule has 2 heterocycles. The summed E-state index contributed by atoms with van der Waals surface area (Å²) in [6.45, 7) is 4.28. The van der Waals surface area contributed by atoms with Gasteiger partial charge in [0.2, 0.25) is 0 Å². The van der Waals surface area contributed by atoms with E-state index in [0.717, 1.165) is 33.6 Å². The molecule has 9 heteroatoms. The Bertz CT molecular complexity index is 1500. The zero-order valence-corrected chi connectivity index (χ0v) is 21.6. The summed E-state index contributed by atoms with van der Waals surface area (Å²) in [4.78, 5) is 37.8. The van der Waals surface area contributed by atoms with Crippen molar-refractivity contribution in [3.05, 3.63) is 107 Å². The molecule has 39 heavy (non-hydrogen) atoms. The number of nitrogens with one attached hydrogen (secondary N) is 1. The molecule has 3 N–H and O–H groups in total. The molecular formula is C30H29N5O4. The molecule has 3 aromatic carbocycles. The summed E-state index contributed by atoms with van der Waals surface area (Å²) in [7, 11) is 0. The number of esters is 1. The van der Waals surface area contributed by atoms with Crippen LogP contribution in [0.5, 0.6) is 0 Å². The van der Waals surface area contributed by atoms with Crippen LogP contribution in [0.15, 0.2) is 78.9 Å². The first-order valence-corrected chi connectivity index (χ1v) is 12.7. The number of hydrogen-bond donors (Lipinski definition) is 2. The highest BCUT2D eigenvalue weighted by Crippen LogP contribution is 2.27. The van der Waals surface area contributed by atoms with Crippen molar-refractivity contribution < 1.29 is 19.1 Å². The average molecular weight is 524 g/mol. The van der Waals surface area contributed by atoms with Crippen molar-refractivity contribution in [2.24, 2.45) is 5.73 Å². The van der Waals surface area contributed by atoms with E-state index in [-0.39, 0.29) is 5.69 Å². The molecule has 0 atom stereocenters. The molecule has 0 aliphatic carbocycles. The minimum Gasteiger partial charge on any atom is -0.372 e. The topological polar surface area (TPSA) is 120 Å². The van der Waals surface area contributed by atoms with Gasteiger partial charge in [0.1, 0.15) is 0 Å². The number of amides is 2. The molecule has 0 radical (unpaired) electrons. The summed E-state index contributed by atoms with van der Waals surface area (Å²) >= 11 is 0. The number of benzene rings is 3. The summed E-state index contributed by atoms with van der Waals surface area (Å²) in [5.41, 5.74) is 11.8. The molecule has 1 fully saturated rings. The monoisotopic (exact) mass is 523 g/mol. The van der Waals surface area contributed by atoms with Gasteiger partial charge in [-0.1, -0.05) is 48.5 Å². The zero-order chi connectivity index (χ0) is 27.4. The maximum Gasteiger partial charge on any atom is 0.417 e. The van der Waals surface area contributed by atoms with E-state index in [9.17, 15) is 14.4 Å². The van der Waals surface area contributed by atoms with Crippen LogP contribution in [0.1, 0.15) is 37.7 Å². The number of carbonyl (C=O) groups is 3. The summed E-state index contributed by atoms with van der Waals surface area (Å²) in [5, 5.41) is 7.45. The maximum absolute atomic E-state index is 12.5. The van der Waals surface area contributed by atoms with Crippen molar-refractivity contribution in [1.29, 1.82) is 0 Å². The molecule has 1 saturated heterocycles. The summed E-state index contributed by atoms with van der Waals surface area (Å²) in [6, 6.07) is 24.9. The molecule has 2 amide bonds. The SMILES string of the molecule is Cc1cc(C(N)=O)nn1-c1ccc(Cc2ccccc2-c2ccc(C(=O)OC(=O)N3CCNCC3)cc2)cc1. The summed E-state index contributed by atoms with van der Waals surface area (Å²) in [6.07, 6.45) is 0.0855. The number of ether oxygens (including phenoxy) is 1. The van der Waals surface area contributed by atoms with E-state index in [4.69, 9.17) is 10.5 Å². The number of aromatic nitrogens is 2. The summed E-state index contributed by atoms with van der Waals surface area (Å²) < 4.78 is 6.77. The quantitative estimate of drug-likeness (QED) is 0.294. The Morgan fingerprint density at radius 3 is 2.31 bits per heavy atom. The lowest BCUT2D eigenvalue weighted by molar-refractivity contribution is 0.0532. The van der Waals surface area contributed by atoms with Crippen LogP contribution in [-0.2, 0) is 11.2 Å². The van der Waals surface area contributed by atoms with Gasteiger partial charge in [-0.25, -0.2) is 14.3 Å². The van der Waals surface area contributed by atoms with Crippen LogP contribution in [0.25, 0.3) is 16.8 Å². The fraction of sp³-hybridized carbons (Fsp3) is 0.200. The van der Waals surface area contributed by atoms with Crippen molar-refractivity contribution in [3.8, 4) is 16.8 Å². The highest BCUT2D eigenvalue weighted by atomic mass is 16.6. The molecule has 1 aliphatic heterocycles. The zero-order valence-electron chi connectivity index (χ0n) is 21.6. The van der Waals surface area contributed by atoms with E-state index in [1.807, 2.05) is 61.5 Å². The van der Waals surface area contributed by atoms with Crippen LogP contribution in [0, 0.1) is 6.92 Å². The molecule has 1 aliphatic rings. The van der Waals surface area contributed by atoms with E-state index in [1.54, 1.807) is 22.9 Å². The molecular weight excluding hydrogens is 494 g/mol. The third-order valence-corrected chi connectivity index (χ3v) is 6.72. The van der Waals surface area contributed by atoms with Gasteiger partial charge in [0.05, 0.1) is 11.3 Å². The van der Waals surface area contributed by atoms with Crippen LogP contribution in [0.2, 0.25) is 0 Å². The van der Waals surface area contributed by atoms with Crippen LogP contribution >= 0.6 is 0 Å². The predicted octanol–water partition coefficient (Wildman–Crippen LogP) is 3.72. The van der Waals surface area contributed by atoms with Crippen molar-refractivity contribution >= 4 is 18.0 Å². The third kappa shape index (κ3) is 5.89. The van der Waals surface area contributed by atoms with Crippen molar-refractivity contribution in [2.75, 3.05) is 26.2 Å². The van der Waals surface area contributed by atoms with E-state index in [0.29, 0.717) is 38.2 Å². The molecule has 4 aromatic rings. The smallest absolute Gasteiger partial charge is 0.372 e. The second-order valence-electron chi connectivity index (χ2n) is 9.42. The number of rotatable bonds is 6.